The van der Waals surface area contributed by atoms with Gasteiger partial charge in [0.15, 0.2) is 0 Å². The van der Waals surface area contributed by atoms with Crippen LogP contribution in [0.3, 0.4) is 0 Å². The molecule has 0 bridgehead atoms. The Bertz CT molecular complexity index is 567. The minimum atomic E-state index is -0.365. The average molecular weight is 314 g/mol. The van der Waals surface area contributed by atoms with Gasteiger partial charge in [0.25, 0.3) is 5.91 Å². The van der Waals surface area contributed by atoms with Gasteiger partial charge in [-0.25, -0.2) is 4.39 Å². The van der Waals surface area contributed by atoms with E-state index in [4.69, 9.17) is 0 Å². The van der Waals surface area contributed by atoms with Gasteiger partial charge in [-0.15, -0.1) is 11.3 Å². The Balaban J connectivity index is 2.24. The molecule has 0 atom stereocenters. The third-order valence-electron chi connectivity index (χ3n) is 2.27. The summed E-state index contributed by atoms with van der Waals surface area (Å²) in [5, 5.41) is 4.51. The van der Waals surface area contributed by atoms with Gasteiger partial charge in [0.2, 0.25) is 0 Å². The second-order valence-corrected chi connectivity index (χ2v) is 5.28. The first-order valence-corrected chi connectivity index (χ1v) is 6.55. The van der Waals surface area contributed by atoms with Crippen LogP contribution < -0.4 is 5.32 Å². The van der Waals surface area contributed by atoms with Gasteiger partial charge in [-0.2, -0.15) is 0 Å². The summed E-state index contributed by atoms with van der Waals surface area (Å²) in [6.45, 7) is 1.82. The molecule has 0 aliphatic rings. The van der Waals surface area contributed by atoms with Crippen LogP contribution in [0.2, 0.25) is 0 Å². The zero-order valence-corrected chi connectivity index (χ0v) is 11.4. The van der Waals surface area contributed by atoms with E-state index in [2.05, 4.69) is 21.2 Å². The number of carbonyl (C=O) groups is 1. The zero-order chi connectivity index (χ0) is 12.4. The molecule has 1 heterocycles. The molecule has 1 aromatic heterocycles. The van der Waals surface area contributed by atoms with E-state index in [1.54, 1.807) is 12.1 Å². The highest BCUT2D eigenvalue weighted by molar-refractivity contribution is 9.10. The van der Waals surface area contributed by atoms with Gasteiger partial charge in [-0.05, 0) is 52.0 Å². The first kappa shape index (κ1) is 12.3. The van der Waals surface area contributed by atoms with Gasteiger partial charge in [0.1, 0.15) is 10.7 Å². The molecule has 2 aromatic rings. The molecule has 5 heteroatoms. The van der Waals surface area contributed by atoms with Crippen molar-refractivity contribution in [3.05, 3.63) is 50.4 Å². The molecular weight excluding hydrogens is 305 g/mol. The van der Waals surface area contributed by atoms with Crippen LogP contribution in [0.5, 0.6) is 0 Å². The fourth-order valence-electron chi connectivity index (χ4n) is 1.36. The molecule has 0 aliphatic heterocycles. The van der Waals surface area contributed by atoms with Crippen LogP contribution in [-0.4, -0.2) is 5.91 Å². The maximum absolute atomic E-state index is 13.1. The van der Waals surface area contributed by atoms with E-state index in [1.165, 1.54) is 23.5 Å². The number of hydrogen-bond donors (Lipinski definition) is 1. The molecule has 88 valence electrons. The largest absolute Gasteiger partial charge is 0.321 e. The molecule has 2 rings (SSSR count). The van der Waals surface area contributed by atoms with Crippen molar-refractivity contribution in [1.82, 2.24) is 0 Å². The van der Waals surface area contributed by atoms with Gasteiger partial charge in [0, 0.05) is 10.2 Å². The fraction of sp³-hybridized carbons (Fsp3) is 0.0833. The van der Waals surface area contributed by atoms with Gasteiger partial charge in [0.05, 0.1) is 0 Å². The molecule has 2 nitrogen and oxygen atoms in total. The lowest BCUT2D eigenvalue weighted by atomic mass is 10.2. The monoisotopic (exact) mass is 313 g/mol. The van der Waals surface area contributed by atoms with Crippen molar-refractivity contribution >= 4 is 38.9 Å². The molecule has 0 saturated carbocycles. The number of benzene rings is 1. The summed E-state index contributed by atoms with van der Waals surface area (Å²) in [7, 11) is 0. The van der Waals surface area contributed by atoms with Crippen LogP contribution in [0.4, 0.5) is 10.1 Å². The van der Waals surface area contributed by atoms with Gasteiger partial charge >= 0.3 is 0 Å². The average Bonchev–Trinajstić information content (AvgIpc) is 2.70. The second kappa shape index (κ2) is 4.98. The molecule has 1 amide bonds. The van der Waals surface area contributed by atoms with E-state index < -0.39 is 0 Å². The number of rotatable bonds is 2. The molecule has 0 unspecified atom stereocenters. The fourth-order valence-corrected chi connectivity index (χ4v) is 2.81. The van der Waals surface area contributed by atoms with Crippen molar-refractivity contribution in [2.24, 2.45) is 0 Å². The maximum atomic E-state index is 13.1. The molecule has 1 N–H and O–H groups in total. The molecular formula is C12H9BrFNOS. The predicted octanol–water partition coefficient (Wildman–Crippen LogP) is 4.21. The summed E-state index contributed by atoms with van der Waals surface area (Å²) >= 11 is 4.62. The highest BCUT2D eigenvalue weighted by atomic mass is 79.9. The predicted molar refractivity (Wildman–Crippen MR) is 71.1 cm³/mol. The smallest absolute Gasteiger partial charge is 0.266 e. The molecule has 0 radical (unpaired) electrons. The standard InChI is InChI=1S/C12H9BrFNOS/c1-7-2-3-8(14)6-10(7)15-12(16)11-9(13)4-5-17-11/h2-6H,1H3,(H,15,16). The van der Waals surface area contributed by atoms with E-state index in [9.17, 15) is 9.18 Å². The van der Waals surface area contributed by atoms with Gasteiger partial charge < -0.3 is 5.32 Å². The van der Waals surface area contributed by atoms with Crippen molar-refractivity contribution in [2.45, 2.75) is 6.92 Å². The Morgan fingerprint density at radius 2 is 2.18 bits per heavy atom. The molecule has 17 heavy (non-hydrogen) atoms. The van der Waals surface area contributed by atoms with E-state index in [0.717, 1.165) is 10.0 Å². The Labute approximate surface area is 111 Å². The summed E-state index contributed by atoms with van der Waals surface area (Å²) < 4.78 is 13.8. The lowest BCUT2D eigenvalue weighted by Crippen LogP contribution is -2.11. The van der Waals surface area contributed by atoms with Crippen LogP contribution >= 0.6 is 27.3 Å². The quantitative estimate of drug-likeness (QED) is 0.884. The summed E-state index contributed by atoms with van der Waals surface area (Å²) in [6.07, 6.45) is 0. The van der Waals surface area contributed by atoms with E-state index >= 15 is 0 Å². The summed E-state index contributed by atoms with van der Waals surface area (Å²) in [6, 6.07) is 6.12. The number of anilines is 1. The van der Waals surface area contributed by atoms with Crippen molar-refractivity contribution in [2.75, 3.05) is 5.32 Å². The Morgan fingerprint density at radius 1 is 1.41 bits per heavy atom. The summed E-state index contributed by atoms with van der Waals surface area (Å²) in [5.74, 6) is -0.600. The number of nitrogens with one attached hydrogen (secondary N) is 1. The Morgan fingerprint density at radius 3 is 2.82 bits per heavy atom. The lowest BCUT2D eigenvalue weighted by molar-refractivity contribution is 0.103. The van der Waals surface area contributed by atoms with Crippen molar-refractivity contribution in [3.63, 3.8) is 0 Å². The lowest BCUT2D eigenvalue weighted by Gasteiger charge is -2.07. The number of hydrogen-bond acceptors (Lipinski definition) is 2. The van der Waals surface area contributed by atoms with Crippen molar-refractivity contribution in [3.8, 4) is 0 Å². The topological polar surface area (TPSA) is 29.1 Å². The van der Waals surface area contributed by atoms with Crippen molar-refractivity contribution in [1.29, 1.82) is 0 Å². The SMILES string of the molecule is Cc1ccc(F)cc1NC(=O)c1sccc1Br. The van der Waals surface area contributed by atoms with Crippen LogP contribution in [0.25, 0.3) is 0 Å². The Hall–Kier alpha value is -1.20. The highest BCUT2D eigenvalue weighted by Gasteiger charge is 2.12. The molecule has 0 saturated heterocycles. The van der Waals surface area contributed by atoms with Gasteiger partial charge in [-0.3, -0.25) is 4.79 Å². The zero-order valence-electron chi connectivity index (χ0n) is 8.96. The maximum Gasteiger partial charge on any atom is 0.266 e. The van der Waals surface area contributed by atoms with E-state index in [1.807, 2.05) is 12.3 Å². The van der Waals surface area contributed by atoms with Gasteiger partial charge in [-0.1, -0.05) is 6.07 Å². The normalized spacial score (nSPS) is 10.3. The van der Waals surface area contributed by atoms with Crippen LogP contribution in [0.1, 0.15) is 15.2 Å². The number of thiophene rings is 1. The first-order valence-electron chi connectivity index (χ1n) is 4.88. The third-order valence-corrected chi connectivity index (χ3v) is 4.11. The first-order chi connectivity index (χ1) is 8.08. The molecule has 0 aliphatic carbocycles. The third kappa shape index (κ3) is 2.73. The van der Waals surface area contributed by atoms with Crippen LogP contribution in [0.15, 0.2) is 34.1 Å². The van der Waals surface area contributed by atoms with Crippen molar-refractivity contribution < 1.29 is 9.18 Å². The molecule has 0 fully saturated rings. The minimum absolute atomic E-state index is 0.236. The van der Waals surface area contributed by atoms with Crippen LogP contribution in [-0.2, 0) is 0 Å². The Kier molecular flexibility index (Phi) is 3.59. The number of halogens is 2. The van der Waals surface area contributed by atoms with Crippen LogP contribution in [0, 0.1) is 12.7 Å². The highest BCUT2D eigenvalue weighted by Crippen LogP contribution is 2.24. The summed E-state index contributed by atoms with van der Waals surface area (Å²) in [4.78, 5) is 12.5. The summed E-state index contributed by atoms with van der Waals surface area (Å²) in [5.41, 5.74) is 1.32. The number of amides is 1. The van der Waals surface area contributed by atoms with E-state index in [-0.39, 0.29) is 11.7 Å². The number of aryl methyl sites for hydroxylation is 1. The number of carbonyl (C=O) groups excluding carboxylic acids is 1. The molecule has 0 spiro atoms. The molecule has 1 aromatic carbocycles. The van der Waals surface area contributed by atoms with E-state index in [0.29, 0.717) is 10.6 Å². The minimum Gasteiger partial charge on any atom is -0.321 e. The second-order valence-electron chi connectivity index (χ2n) is 3.51.